The maximum atomic E-state index is 12.2. The number of nitrogens with one attached hydrogen (secondary N) is 1. The summed E-state index contributed by atoms with van der Waals surface area (Å²) in [4.78, 5) is 12.2. The summed E-state index contributed by atoms with van der Waals surface area (Å²) in [5, 5.41) is 4.12. The van der Waals surface area contributed by atoms with Gasteiger partial charge in [-0.15, -0.1) is 0 Å². The molecular formula is C20H23N3O. The molecule has 1 aromatic heterocycles. The number of nitrogens with two attached hydrogens (primary N) is 1. The van der Waals surface area contributed by atoms with Gasteiger partial charge in [-0.25, -0.2) is 0 Å². The number of hydrogen-bond acceptors (Lipinski definition) is 2. The van der Waals surface area contributed by atoms with Gasteiger partial charge in [0.2, 0.25) is 5.91 Å². The molecule has 0 saturated heterocycles. The highest BCUT2D eigenvalue weighted by atomic mass is 16.1. The average Bonchev–Trinajstić information content (AvgIpc) is 2.97. The van der Waals surface area contributed by atoms with Gasteiger partial charge in [-0.2, -0.15) is 0 Å². The standard InChI is InChI=1S/C20H23N3O/c1-2-12-23-13-11-16-14-17(8-9-19(16)23)22-20(24)10-7-15-5-3-4-6-18(15)21/h3-6,8-9,11,13-14H,2,7,10,12,21H2,1H3,(H,22,24). The lowest BCUT2D eigenvalue weighted by atomic mass is 10.1. The zero-order valence-electron chi connectivity index (χ0n) is 14.0. The fourth-order valence-electron chi connectivity index (χ4n) is 2.95. The predicted octanol–water partition coefficient (Wildman–Crippen LogP) is 4.20. The van der Waals surface area contributed by atoms with Crippen LogP contribution in [0.25, 0.3) is 10.9 Å². The number of aromatic nitrogens is 1. The molecule has 0 fully saturated rings. The van der Waals surface area contributed by atoms with Crippen LogP contribution in [0.15, 0.2) is 54.7 Å². The second-order valence-electron chi connectivity index (χ2n) is 6.03. The number of amides is 1. The van der Waals surface area contributed by atoms with Crippen LogP contribution in [-0.2, 0) is 17.8 Å². The molecule has 0 saturated carbocycles. The number of nitrogen functional groups attached to an aromatic ring is 1. The van der Waals surface area contributed by atoms with Gasteiger partial charge in [0.25, 0.3) is 0 Å². The quantitative estimate of drug-likeness (QED) is 0.668. The number of fused-ring (bicyclic) bond motifs is 1. The van der Waals surface area contributed by atoms with Crippen molar-refractivity contribution in [2.24, 2.45) is 0 Å². The number of benzene rings is 2. The van der Waals surface area contributed by atoms with Crippen molar-refractivity contribution in [1.29, 1.82) is 0 Å². The minimum absolute atomic E-state index is 0.00518. The summed E-state index contributed by atoms with van der Waals surface area (Å²) in [6.45, 7) is 3.17. The molecule has 1 heterocycles. The van der Waals surface area contributed by atoms with E-state index in [0.717, 1.165) is 35.3 Å². The van der Waals surface area contributed by atoms with Crippen LogP contribution < -0.4 is 11.1 Å². The van der Waals surface area contributed by atoms with E-state index in [4.69, 9.17) is 5.73 Å². The smallest absolute Gasteiger partial charge is 0.224 e. The van der Waals surface area contributed by atoms with Gasteiger partial charge in [0, 0.05) is 41.4 Å². The maximum Gasteiger partial charge on any atom is 0.224 e. The first-order valence-corrected chi connectivity index (χ1v) is 8.39. The van der Waals surface area contributed by atoms with Gasteiger partial charge in [0.1, 0.15) is 0 Å². The van der Waals surface area contributed by atoms with E-state index in [0.29, 0.717) is 12.8 Å². The Morgan fingerprint density at radius 3 is 2.79 bits per heavy atom. The summed E-state index contributed by atoms with van der Waals surface area (Å²) in [5.74, 6) is 0.00518. The Kier molecular flexibility index (Phi) is 4.85. The SMILES string of the molecule is CCCn1ccc2cc(NC(=O)CCc3ccccc3N)ccc21. The molecule has 3 N–H and O–H groups in total. The van der Waals surface area contributed by atoms with Gasteiger partial charge >= 0.3 is 0 Å². The molecule has 2 aromatic carbocycles. The van der Waals surface area contributed by atoms with Crippen molar-refractivity contribution in [3.8, 4) is 0 Å². The van der Waals surface area contributed by atoms with E-state index in [1.807, 2.05) is 36.4 Å². The molecule has 0 atom stereocenters. The van der Waals surface area contributed by atoms with E-state index in [2.05, 4.69) is 35.1 Å². The first kappa shape index (κ1) is 16.1. The van der Waals surface area contributed by atoms with Crippen LogP contribution >= 0.6 is 0 Å². The molecule has 3 aromatic rings. The monoisotopic (exact) mass is 321 g/mol. The number of carbonyl (C=O) groups is 1. The lowest BCUT2D eigenvalue weighted by Crippen LogP contribution is -2.12. The highest BCUT2D eigenvalue weighted by molar-refractivity contribution is 5.94. The Morgan fingerprint density at radius 2 is 2.00 bits per heavy atom. The second-order valence-corrected chi connectivity index (χ2v) is 6.03. The molecule has 0 aliphatic carbocycles. The van der Waals surface area contributed by atoms with Gasteiger partial charge in [-0.05, 0) is 48.7 Å². The third-order valence-electron chi connectivity index (χ3n) is 4.20. The van der Waals surface area contributed by atoms with Crippen LogP contribution in [0.5, 0.6) is 0 Å². The van der Waals surface area contributed by atoms with Gasteiger partial charge in [0.05, 0.1) is 0 Å². The van der Waals surface area contributed by atoms with E-state index >= 15 is 0 Å². The van der Waals surface area contributed by atoms with E-state index < -0.39 is 0 Å². The molecule has 124 valence electrons. The van der Waals surface area contributed by atoms with Crippen LogP contribution in [0, 0.1) is 0 Å². The van der Waals surface area contributed by atoms with E-state index in [-0.39, 0.29) is 5.91 Å². The van der Waals surface area contributed by atoms with Crippen molar-refractivity contribution >= 4 is 28.2 Å². The third-order valence-corrected chi connectivity index (χ3v) is 4.20. The summed E-state index contributed by atoms with van der Waals surface area (Å²) in [6.07, 6.45) is 4.26. The summed E-state index contributed by atoms with van der Waals surface area (Å²) < 4.78 is 2.24. The van der Waals surface area contributed by atoms with E-state index in [9.17, 15) is 4.79 Å². The zero-order chi connectivity index (χ0) is 16.9. The van der Waals surface area contributed by atoms with Crippen molar-refractivity contribution in [2.45, 2.75) is 32.7 Å². The van der Waals surface area contributed by atoms with Crippen LogP contribution in [-0.4, -0.2) is 10.5 Å². The van der Waals surface area contributed by atoms with Crippen LogP contribution in [0.4, 0.5) is 11.4 Å². The number of para-hydroxylation sites is 1. The second kappa shape index (κ2) is 7.21. The Balaban J connectivity index is 1.64. The fraction of sp³-hybridized carbons (Fsp3) is 0.250. The zero-order valence-corrected chi connectivity index (χ0v) is 14.0. The topological polar surface area (TPSA) is 60.0 Å². The number of hydrogen-bond donors (Lipinski definition) is 2. The van der Waals surface area contributed by atoms with Crippen molar-refractivity contribution in [1.82, 2.24) is 4.57 Å². The highest BCUT2D eigenvalue weighted by Gasteiger charge is 2.07. The number of anilines is 2. The molecule has 0 bridgehead atoms. The molecule has 3 rings (SSSR count). The van der Waals surface area contributed by atoms with Gasteiger partial charge in [-0.1, -0.05) is 25.1 Å². The first-order valence-electron chi connectivity index (χ1n) is 8.39. The highest BCUT2D eigenvalue weighted by Crippen LogP contribution is 2.21. The Morgan fingerprint density at radius 1 is 1.17 bits per heavy atom. The summed E-state index contributed by atoms with van der Waals surface area (Å²) in [6, 6.07) is 15.8. The third kappa shape index (κ3) is 3.59. The van der Waals surface area contributed by atoms with Crippen molar-refractivity contribution in [3.05, 3.63) is 60.3 Å². The molecule has 4 nitrogen and oxygen atoms in total. The van der Waals surface area contributed by atoms with E-state index in [1.165, 1.54) is 5.52 Å². The van der Waals surface area contributed by atoms with E-state index in [1.54, 1.807) is 0 Å². The maximum absolute atomic E-state index is 12.2. The Labute approximate surface area is 142 Å². The largest absolute Gasteiger partial charge is 0.399 e. The predicted molar refractivity (Wildman–Crippen MR) is 100 cm³/mol. The number of nitrogens with zero attached hydrogens (tertiary/aromatic N) is 1. The van der Waals surface area contributed by atoms with Gasteiger partial charge < -0.3 is 15.6 Å². The Hall–Kier alpha value is -2.75. The lowest BCUT2D eigenvalue weighted by Gasteiger charge is -2.08. The molecule has 0 aliphatic rings. The normalized spacial score (nSPS) is 10.9. The minimum Gasteiger partial charge on any atom is -0.399 e. The molecule has 1 amide bonds. The number of aryl methyl sites for hydroxylation is 2. The molecule has 0 aliphatic heterocycles. The first-order chi connectivity index (χ1) is 11.7. The van der Waals surface area contributed by atoms with Crippen LogP contribution in [0.2, 0.25) is 0 Å². The molecular weight excluding hydrogens is 298 g/mol. The van der Waals surface area contributed by atoms with Gasteiger partial charge in [0.15, 0.2) is 0 Å². The number of carbonyl (C=O) groups excluding carboxylic acids is 1. The fourth-order valence-corrected chi connectivity index (χ4v) is 2.95. The van der Waals surface area contributed by atoms with Gasteiger partial charge in [-0.3, -0.25) is 4.79 Å². The molecule has 24 heavy (non-hydrogen) atoms. The molecule has 0 unspecified atom stereocenters. The molecule has 4 heteroatoms. The average molecular weight is 321 g/mol. The van der Waals surface area contributed by atoms with Crippen molar-refractivity contribution in [2.75, 3.05) is 11.1 Å². The minimum atomic E-state index is 0.00518. The van der Waals surface area contributed by atoms with Crippen LogP contribution in [0.1, 0.15) is 25.3 Å². The summed E-state index contributed by atoms with van der Waals surface area (Å²) in [5.41, 5.74) is 9.70. The summed E-state index contributed by atoms with van der Waals surface area (Å²) >= 11 is 0. The molecule has 0 spiro atoms. The van der Waals surface area contributed by atoms with Crippen molar-refractivity contribution < 1.29 is 4.79 Å². The molecule has 0 radical (unpaired) electrons. The summed E-state index contributed by atoms with van der Waals surface area (Å²) in [7, 11) is 0. The lowest BCUT2D eigenvalue weighted by molar-refractivity contribution is -0.116. The Bertz CT molecular complexity index is 851. The van der Waals surface area contributed by atoms with Crippen molar-refractivity contribution in [3.63, 3.8) is 0 Å². The number of rotatable bonds is 6. The van der Waals surface area contributed by atoms with Crippen LogP contribution in [0.3, 0.4) is 0 Å².